The van der Waals surface area contributed by atoms with Gasteiger partial charge in [0.2, 0.25) is 11.8 Å². The van der Waals surface area contributed by atoms with E-state index < -0.39 is 6.04 Å². The number of hydrogen-bond donors (Lipinski definition) is 3. The van der Waals surface area contributed by atoms with Gasteiger partial charge in [0.15, 0.2) is 0 Å². The first-order valence-corrected chi connectivity index (χ1v) is 10.7. The van der Waals surface area contributed by atoms with Crippen LogP contribution in [0.4, 0.5) is 0 Å². The predicted molar refractivity (Wildman–Crippen MR) is 120 cm³/mol. The van der Waals surface area contributed by atoms with E-state index in [2.05, 4.69) is 22.8 Å². The molecule has 3 N–H and O–H groups in total. The summed E-state index contributed by atoms with van der Waals surface area (Å²) in [6.45, 7) is 3.67. The van der Waals surface area contributed by atoms with E-state index in [0.717, 1.165) is 30.4 Å². The molecule has 0 bridgehead atoms. The Balaban J connectivity index is 1.48. The van der Waals surface area contributed by atoms with E-state index in [9.17, 15) is 9.59 Å². The standard InChI is InChI=1S/C24H28ClN3O2/c1-15(26)18-8-11-21(22(25)13-18)14-27-23(29)16(2)28-24(30)20-10-9-19(12-20)17-6-4-3-5-7-17/h3-8,11,13,16,19-20,26H,9-10,12,14H2,1-2H3,(H,27,29)(H,28,30)/t16-,19+,20+/m0/s1. The summed E-state index contributed by atoms with van der Waals surface area (Å²) >= 11 is 6.25. The first kappa shape index (κ1) is 22.0. The molecule has 0 unspecified atom stereocenters. The molecule has 2 aromatic carbocycles. The number of nitrogens with one attached hydrogen (secondary N) is 3. The lowest BCUT2D eigenvalue weighted by Gasteiger charge is -2.18. The van der Waals surface area contributed by atoms with Crippen molar-refractivity contribution in [2.75, 3.05) is 0 Å². The molecular weight excluding hydrogens is 398 g/mol. The molecule has 0 spiro atoms. The molecule has 2 amide bonds. The van der Waals surface area contributed by atoms with E-state index in [1.165, 1.54) is 5.56 Å². The van der Waals surface area contributed by atoms with Crippen molar-refractivity contribution in [3.63, 3.8) is 0 Å². The maximum Gasteiger partial charge on any atom is 0.242 e. The van der Waals surface area contributed by atoms with Crippen LogP contribution in [0.1, 0.15) is 55.7 Å². The molecule has 0 aromatic heterocycles. The zero-order valence-corrected chi connectivity index (χ0v) is 18.1. The van der Waals surface area contributed by atoms with Crippen molar-refractivity contribution in [3.05, 3.63) is 70.2 Å². The summed E-state index contributed by atoms with van der Waals surface area (Å²) in [5.41, 5.74) is 3.24. The summed E-state index contributed by atoms with van der Waals surface area (Å²) in [5.74, 6) is 0.0434. The lowest BCUT2D eigenvalue weighted by atomic mass is 9.96. The summed E-state index contributed by atoms with van der Waals surface area (Å²) in [7, 11) is 0. The number of rotatable bonds is 7. The lowest BCUT2D eigenvalue weighted by Crippen LogP contribution is -2.46. The first-order chi connectivity index (χ1) is 14.3. The van der Waals surface area contributed by atoms with Gasteiger partial charge in [-0.3, -0.25) is 9.59 Å². The topological polar surface area (TPSA) is 82.1 Å². The van der Waals surface area contributed by atoms with Gasteiger partial charge in [-0.25, -0.2) is 0 Å². The van der Waals surface area contributed by atoms with Crippen LogP contribution < -0.4 is 10.6 Å². The first-order valence-electron chi connectivity index (χ1n) is 10.3. The van der Waals surface area contributed by atoms with E-state index in [-0.39, 0.29) is 24.3 Å². The highest BCUT2D eigenvalue weighted by Crippen LogP contribution is 2.38. The second-order valence-corrected chi connectivity index (χ2v) is 8.40. The molecule has 1 fully saturated rings. The number of carbonyl (C=O) groups excluding carboxylic acids is 2. The second-order valence-electron chi connectivity index (χ2n) is 8.00. The highest BCUT2D eigenvalue weighted by Gasteiger charge is 2.31. The maximum absolute atomic E-state index is 12.6. The number of hydrogen-bond acceptors (Lipinski definition) is 3. The third-order valence-corrected chi connectivity index (χ3v) is 6.12. The van der Waals surface area contributed by atoms with E-state index in [1.54, 1.807) is 19.9 Å². The van der Waals surface area contributed by atoms with Crippen LogP contribution >= 0.6 is 11.6 Å². The minimum Gasteiger partial charge on any atom is -0.350 e. The molecule has 1 aliphatic carbocycles. The molecule has 5 nitrogen and oxygen atoms in total. The normalized spacial score (nSPS) is 19.2. The van der Waals surface area contributed by atoms with E-state index >= 15 is 0 Å². The molecule has 3 atom stereocenters. The minimum absolute atomic E-state index is 0.0556. The van der Waals surface area contributed by atoms with Crippen LogP contribution in [0.25, 0.3) is 0 Å². The molecule has 0 heterocycles. The Bertz CT molecular complexity index is 929. The summed E-state index contributed by atoms with van der Waals surface area (Å²) in [4.78, 5) is 25.1. The second kappa shape index (κ2) is 9.90. The van der Waals surface area contributed by atoms with Gasteiger partial charge in [-0.2, -0.15) is 0 Å². The Morgan fingerprint density at radius 1 is 1.17 bits per heavy atom. The van der Waals surface area contributed by atoms with Crippen molar-refractivity contribution < 1.29 is 9.59 Å². The molecule has 0 saturated heterocycles. The van der Waals surface area contributed by atoms with E-state index in [0.29, 0.717) is 16.7 Å². The quantitative estimate of drug-likeness (QED) is 0.573. The zero-order chi connectivity index (χ0) is 21.7. The number of amides is 2. The van der Waals surface area contributed by atoms with Crippen LogP contribution in [-0.2, 0) is 16.1 Å². The van der Waals surface area contributed by atoms with Gasteiger partial charge in [0.25, 0.3) is 0 Å². The third kappa shape index (κ3) is 5.48. The molecule has 0 aliphatic heterocycles. The average molecular weight is 426 g/mol. The van der Waals surface area contributed by atoms with Crippen molar-refractivity contribution in [1.29, 1.82) is 5.41 Å². The highest BCUT2D eigenvalue weighted by atomic mass is 35.5. The molecule has 1 aliphatic rings. The van der Waals surface area contributed by atoms with Crippen LogP contribution in [0.15, 0.2) is 48.5 Å². The Kier molecular flexibility index (Phi) is 7.27. The molecular formula is C24H28ClN3O2. The van der Waals surface area contributed by atoms with Crippen LogP contribution in [0, 0.1) is 11.3 Å². The van der Waals surface area contributed by atoms with Crippen molar-refractivity contribution in [2.24, 2.45) is 5.92 Å². The summed E-state index contributed by atoms with van der Waals surface area (Å²) < 4.78 is 0. The SMILES string of the molecule is CC(=N)c1ccc(CNC(=O)[C@H](C)NC(=O)[C@@H]2CC[C@@H](c3ccccc3)C2)c(Cl)c1. The predicted octanol–water partition coefficient (Wildman–Crippen LogP) is 4.43. The third-order valence-electron chi connectivity index (χ3n) is 5.77. The molecule has 6 heteroatoms. The van der Waals surface area contributed by atoms with Gasteiger partial charge in [0, 0.05) is 23.2 Å². The number of halogens is 1. The van der Waals surface area contributed by atoms with E-state index in [4.69, 9.17) is 17.0 Å². The fraction of sp³-hybridized carbons (Fsp3) is 0.375. The largest absolute Gasteiger partial charge is 0.350 e. The van der Waals surface area contributed by atoms with Crippen LogP contribution in [-0.4, -0.2) is 23.6 Å². The fourth-order valence-corrected chi connectivity index (χ4v) is 4.15. The van der Waals surface area contributed by atoms with Gasteiger partial charge in [-0.1, -0.05) is 54.1 Å². The van der Waals surface area contributed by atoms with Gasteiger partial charge >= 0.3 is 0 Å². The lowest BCUT2D eigenvalue weighted by molar-refractivity contribution is -0.130. The molecule has 3 rings (SSSR count). The minimum atomic E-state index is -0.616. The van der Waals surface area contributed by atoms with Crippen LogP contribution in [0.3, 0.4) is 0 Å². The zero-order valence-electron chi connectivity index (χ0n) is 17.4. The van der Waals surface area contributed by atoms with Gasteiger partial charge in [-0.05, 0) is 61.8 Å². The summed E-state index contributed by atoms with van der Waals surface area (Å²) in [6.07, 6.45) is 2.65. The summed E-state index contributed by atoms with van der Waals surface area (Å²) in [6, 6.07) is 15.0. The van der Waals surface area contributed by atoms with Crippen LogP contribution in [0.2, 0.25) is 5.02 Å². The van der Waals surface area contributed by atoms with Gasteiger partial charge in [0.1, 0.15) is 6.04 Å². The van der Waals surface area contributed by atoms with Gasteiger partial charge < -0.3 is 16.0 Å². The van der Waals surface area contributed by atoms with Crippen LogP contribution in [0.5, 0.6) is 0 Å². The van der Waals surface area contributed by atoms with Crippen molar-refractivity contribution >= 4 is 29.1 Å². The number of benzene rings is 2. The van der Waals surface area contributed by atoms with Crippen molar-refractivity contribution in [2.45, 2.75) is 51.6 Å². The smallest absolute Gasteiger partial charge is 0.242 e. The highest BCUT2D eigenvalue weighted by molar-refractivity contribution is 6.31. The van der Waals surface area contributed by atoms with Crippen molar-refractivity contribution in [3.8, 4) is 0 Å². The van der Waals surface area contributed by atoms with Gasteiger partial charge in [-0.15, -0.1) is 0 Å². The molecule has 0 radical (unpaired) electrons. The molecule has 2 aromatic rings. The Morgan fingerprint density at radius 2 is 1.90 bits per heavy atom. The monoisotopic (exact) mass is 425 g/mol. The summed E-state index contributed by atoms with van der Waals surface area (Å²) in [5, 5.41) is 13.8. The molecule has 30 heavy (non-hydrogen) atoms. The molecule has 1 saturated carbocycles. The Hall–Kier alpha value is -2.66. The average Bonchev–Trinajstić information content (AvgIpc) is 3.23. The van der Waals surface area contributed by atoms with E-state index in [1.807, 2.05) is 30.3 Å². The maximum atomic E-state index is 12.6. The van der Waals surface area contributed by atoms with Crippen molar-refractivity contribution in [1.82, 2.24) is 10.6 Å². The fourth-order valence-electron chi connectivity index (χ4n) is 3.90. The Morgan fingerprint density at radius 3 is 2.57 bits per heavy atom. The Labute approximate surface area is 182 Å². The van der Waals surface area contributed by atoms with Gasteiger partial charge in [0.05, 0.1) is 0 Å². The number of carbonyl (C=O) groups is 2. The molecule has 158 valence electrons.